The molecule has 1 aliphatic heterocycles. The zero-order valence-electron chi connectivity index (χ0n) is 13.1. The summed E-state index contributed by atoms with van der Waals surface area (Å²) in [4.78, 5) is 2.48. The smallest absolute Gasteiger partial charge is 0.0991 e. The highest BCUT2D eigenvalue weighted by Gasteiger charge is 2.21. The van der Waals surface area contributed by atoms with E-state index in [-0.39, 0.29) is 0 Å². The zero-order valence-corrected chi connectivity index (χ0v) is 13.1. The normalized spacial score (nSPS) is 16.5. The van der Waals surface area contributed by atoms with E-state index >= 15 is 0 Å². The first kappa shape index (κ1) is 14.8. The fraction of sp³-hybridized carbons (Fsp3) is 0.444. The third-order valence-electron chi connectivity index (χ3n) is 4.50. The molecular formula is C18H22N4. The van der Waals surface area contributed by atoms with Crippen molar-refractivity contribution >= 4 is 0 Å². The molecule has 4 nitrogen and oxygen atoms in total. The summed E-state index contributed by atoms with van der Waals surface area (Å²) < 4.78 is 2.01. The van der Waals surface area contributed by atoms with Crippen LogP contribution >= 0.6 is 0 Å². The summed E-state index contributed by atoms with van der Waals surface area (Å²) in [6, 6.07) is 10.2. The van der Waals surface area contributed by atoms with Gasteiger partial charge in [0.05, 0.1) is 17.8 Å². The lowest BCUT2D eigenvalue weighted by Gasteiger charge is -2.31. The van der Waals surface area contributed by atoms with Gasteiger partial charge in [0.25, 0.3) is 0 Å². The highest BCUT2D eigenvalue weighted by Crippen LogP contribution is 2.28. The Morgan fingerprint density at radius 1 is 1.32 bits per heavy atom. The van der Waals surface area contributed by atoms with Crippen molar-refractivity contribution in [1.82, 2.24) is 14.7 Å². The van der Waals surface area contributed by atoms with E-state index < -0.39 is 0 Å². The SMILES string of the molecule is CCn1cc(C2CCN(Cc3cccc(C#N)c3)CC2)cn1. The van der Waals surface area contributed by atoms with Crippen LogP contribution in [0.15, 0.2) is 36.7 Å². The molecule has 1 fully saturated rings. The van der Waals surface area contributed by atoms with Gasteiger partial charge >= 0.3 is 0 Å². The quantitative estimate of drug-likeness (QED) is 0.870. The fourth-order valence-corrected chi connectivity index (χ4v) is 3.19. The Kier molecular flexibility index (Phi) is 4.55. The number of aromatic nitrogens is 2. The molecule has 0 saturated carbocycles. The number of nitrogens with zero attached hydrogens (tertiary/aromatic N) is 4. The predicted octanol–water partition coefficient (Wildman–Crippen LogP) is 3.15. The van der Waals surface area contributed by atoms with Crippen LogP contribution in [-0.2, 0) is 13.1 Å². The van der Waals surface area contributed by atoms with Gasteiger partial charge in [-0.1, -0.05) is 12.1 Å². The van der Waals surface area contributed by atoms with Crippen molar-refractivity contribution in [3.63, 3.8) is 0 Å². The molecule has 22 heavy (non-hydrogen) atoms. The Balaban J connectivity index is 1.56. The van der Waals surface area contributed by atoms with Gasteiger partial charge in [-0.15, -0.1) is 0 Å². The van der Waals surface area contributed by atoms with Crippen LogP contribution in [0.25, 0.3) is 0 Å². The molecule has 0 atom stereocenters. The molecule has 3 rings (SSSR count). The number of hydrogen-bond donors (Lipinski definition) is 0. The van der Waals surface area contributed by atoms with Gasteiger partial charge in [-0.2, -0.15) is 10.4 Å². The van der Waals surface area contributed by atoms with Crippen molar-refractivity contribution in [2.45, 2.75) is 38.8 Å². The molecule has 4 heteroatoms. The van der Waals surface area contributed by atoms with E-state index in [1.165, 1.54) is 24.0 Å². The molecule has 0 N–H and O–H groups in total. The van der Waals surface area contributed by atoms with Crippen molar-refractivity contribution in [3.8, 4) is 6.07 Å². The summed E-state index contributed by atoms with van der Waals surface area (Å²) in [5, 5.41) is 13.4. The Bertz CT molecular complexity index is 660. The number of hydrogen-bond acceptors (Lipinski definition) is 3. The maximum absolute atomic E-state index is 8.98. The van der Waals surface area contributed by atoms with Crippen LogP contribution in [0.4, 0.5) is 0 Å². The Labute approximate surface area is 132 Å². The molecule has 1 saturated heterocycles. The summed E-state index contributed by atoms with van der Waals surface area (Å²) in [6.07, 6.45) is 6.59. The van der Waals surface area contributed by atoms with E-state index in [1.807, 2.05) is 29.1 Å². The molecule has 1 aromatic heterocycles. The van der Waals surface area contributed by atoms with Gasteiger partial charge in [0.15, 0.2) is 0 Å². The first-order chi connectivity index (χ1) is 10.8. The minimum absolute atomic E-state index is 0.641. The molecule has 0 aliphatic carbocycles. The van der Waals surface area contributed by atoms with E-state index in [9.17, 15) is 0 Å². The minimum Gasteiger partial charge on any atom is -0.299 e. The molecule has 1 aromatic carbocycles. The molecule has 0 spiro atoms. The molecule has 114 valence electrons. The third-order valence-corrected chi connectivity index (χ3v) is 4.50. The van der Waals surface area contributed by atoms with E-state index in [0.29, 0.717) is 5.92 Å². The van der Waals surface area contributed by atoms with Crippen LogP contribution in [0, 0.1) is 11.3 Å². The maximum Gasteiger partial charge on any atom is 0.0991 e. The van der Waals surface area contributed by atoms with Crippen molar-refractivity contribution < 1.29 is 0 Å². The van der Waals surface area contributed by atoms with Crippen molar-refractivity contribution in [2.24, 2.45) is 0 Å². The van der Waals surface area contributed by atoms with Crippen molar-refractivity contribution in [1.29, 1.82) is 5.26 Å². The molecule has 1 aliphatic rings. The van der Waals surface area contributed by atoms with Crippen LogP contribution in [-0.4, -0.2) is 27.8 Å². The highest BCUT2D eigenvalue weighted by atomic mass is 15.3. The summed E-state index contributed by atoms with van der Waals surface area (Å²) in [5.74, 6) is 0.641. The zero-order chi connectivity index (χ0) is 15.4. The van der Waals surface area contributed by atoms with Gasteiger partial charge in [0, 0.05) is 19.3 Å². The fourth-order valence-electron chi connectivity index (χ4n) is 3.19. The van der Waals surface area contributed by atoms with Gasteiger partial charge in [-0.3, -0.25) is 9.58 Å². The summed E-state index contributed by atoms with van der Waals surface area (Å²) in [7, 11) is 0. The first-order valence-electron chi connectivity index (χ1n) is 8.02. The lowest BCUT2D eigenvalue weighted by molar-refractivity contribution is 0.204. The summed E-state index contributed by atoms with van der Waals surface area (Å²) in [5.41, 5.74) is 3.36. The van der Waals surface area contributed by atoms with Crippen molar-refractivity contribution in [2.75, 3.05) is 13.1 Å². The van der Waals surface area contributed by atoms with Gasteiger partial charge in [0.1, 0.15) is 0 Å². The van der Waals surface area contributed by atoms with Crippen molar-refractivity contribution in [3.05, 3.63) is 53.3 Å². The average Bonchev–Trinajstić information content (AvgIpc) is 3.05. The number of piperidine rings is 1. The molecule has 2 heterocycles. The highest BCUT2D eigenvalue weighted by molar-refractivity contribution is 5.32. The Morgan fingerprint density at radius 2 is 2.14 bits per heavy atom. The van der Waals surface area contributed by atoms with Crippen LogP contribution in [0.5, 0.6) is 0 Å². The average molecular weight is 294 g/mol. The lowest BCUT2D eigenvalue weighted by Crippen LogP contribution is -2.32. The number of rotatable bonds is 4. The Hall–Kier alpha value is -2.12. The third kappa shape index (κ3) is 3.37. The lowest BCUT2D eigenvalue weighted by atomic mass is 9.91. The molecular weight excluding hydrogens is 272 g/mol. The molecule has 0 unspecified atom stereocenters. The second-order valence-corrected chi connectivity index (χ2v) is 5.99. The molecule has 0 radical (unpaired) electrons. The first-order valence-corrected chi connectivity index (χ1v) is 8.02. The second-order valence-electron chi connectivity index (χ2n) is 5.99. The van der Waals surface area contributed by atoms with Crippen LogP contribution < -0.4 is 0 Å². The van der Waals surface area contributed by atoms with Gasteiger partial charge in [0.2, 0.25) is 0 Å². The minimum atomic E-state index is 0.641. The van der Waals surface area contributed by atoms with E-state index in [1.54, 1.807) is 0 Å². The molecule has 0 bridgehead atoms. The van der Waals surface area contributed by atoms with Crippen LogP contribution in [0.1, 0.15) is 42.4 Å². The largest absolute Gasteiger partial charge is 0.299 e. The standard InChI is InChI=1S/C18H22N4/c1-2-22-14-18(12-20-22)17-6-8-21(9-7-17)13-16-5-3-4-15(10-16)11-19/h3-5,10,12,14,17H,2,6-9,13H2,1H3. The van der Waals surface area contributed by atoms with E-state index in [4.69, 9.17) is 5.26 Å². The number of aryl methyl sites for hydroxylation is 1. The predicted molar refractivity (Wildman–Crippen MR) is 86.3 cm³/mol. The van der Waals surface area contributed by atoms with Gasteiger partial charge in [-0.25, -0.2) is 0 Å². The number of likely N-dealkylation sites (tertiary alicyclic amines) is 1. The monoisotopic (exact) mass is 294 g/mol. The molecule has 2 aromatic rings. The topological polar surface area (TPSA) is 44.9 Å². The summed E-state index contributed by atoms with van der Waals surface area (Å²) >= 11 is 0. The Morgan fingerprint density at radius 3 is 2.82 bits per heavy atom. The number of benzene rings is 1. The van der Waals surface area contributed by atoms with Gasteiger partial charge < -0.3 is 0 Å². The molecule has 0 amide bonds. The van der Waals surface area contributed by atoms with Gasteiger partial charge in [-0.05, 0) is 62.0 Å². The number of nitriles is 1. The second kappa shape index (κ2) is 6.76. The maximum atomic E-state index is 8.98. The van der Waals surface area contributed by atoms with E-state index in [0.717, 1.165) is 31.7 Å². The summed E-state index contributed by atoms with van der Waals surface area (Å²) in [6.45, 7) is 6.22. The van der Waals surface area contributed by atoms with Crippen LogP contribution in [0.2, 0.25) is 0 Å². The van der Waals surface area contributed by atoms with E-state index in [2.05, 4.69) is 35.3 Å². The van der Waals surface area contributed by atoms with Crippen LogP contribution in [0.3, 0.4) is 0 Å².